The molecule has 7 nitrogen and oxygen atoms in total. The summed E-state index contributed by atoms with van der Waals surface area (Å²) in [5.41, 5.74) is 0.551. The predicted octanol–water partition coefficient (Wildman–Crippen LogP) is 0.913. The highest BCUT2D eigenvalue weighted by Gasteiger charge is 2.21. The average Bonchev–Trinajstić information content (AvgIpc) is 2.51. The largest absolute Gasteiger partial charge is 0.493 e. The maximum atomic E-state index is 11.9. The molecule has 1 aromatic carbocycles. The van der Waals surface area contributed by atoms with Crippen molar-refractivity contribution < 1.29 is 23.0 Å². The van der Waals surface area contributed by atoms with Crippen LogP contribution in [0.4, 0.5) is 0 Å². The van der Waals surface area contributed by atoms with Gasteiger partial charge in [0.15, 0.2) is 11.5 Å². The summed E-state index contributed by atoms with van der Waals surface area (Å²) in [6.07, 6.45) is -0.270. The van der Waals surface area contributed by atoms with Crippen LogP contribution in [0.3, 0.4) is 0 Å². The van der Waals surface area contributed by atoms with Crippen molar-refractivity contribution in [3.63, 3.8) is 0 Å². The second-order valence-electron chi connectivity index (χ2n) is 4.81. The summed E-state index contributed by atoms with van der Waals surface area (Å²) in [7, 11) is 0.853. The summed E-state index contributed by atoms with van der Waals surface area (Å²) in [5.74, 6) is 1.03. The van der Waals surface area contributed by atoms with E-state index in [9.17, 15) is 13.5 Å². The topological polar surface area (TPSA) is 88.1 Å². The second-order valence-corrected chi connectivity index (χ2v) is 6.67. The summed E-state index contributed by atoms with van der Waals surface area (Å²) in [4.78, 5) is 0. The van der Waals surface area contributed by atoms with Crippen molar-refractivity contribution in [1.29, 1.82) is 0 Å². The Balaban J connectivity index is 2.82. The molecule has 0 spiro atoms. The van der Waals surface area contributed by atoms with Gasteiger partial charge in [-0.1, -0.05) is 13.0 Å². The molecule has 0 radical (unpaired) electrons. The number of hydrogen-bond acceptors (Lipinski definition) is 5. The molecule has 22 heavy (non-hydrogen) atoms. The van der Waals surface area contributed by atoms with Gasteiger partial charge in [-0.25, -0.2) is 4.72 Å². The monoisotopic (exact) mass is 332 g/mol. The van der Waals surface area contributed by atoms with E-state index >= 15 is 0 Å². The molecule has 0 aliphatic heterocycles. The molecule has 1 unspecified atom stereocenters. The van der Waals surface area contributed by atoms with Crippen LogP contribution in [0.15, 0.2) is 18.2 Å². The predicted molar refractivity (Wildman–Crippen MR) is 84.3 cm³/mol. The fraction of sp³-hybridized carbons (Fsp3) is 0.571. The van der Waals surface area contributed by atoms with Gasteiger partial charge in [-0.15, -0.1) is 0 Å². The van der Waals surface area contributed by atoms with Gasteiger partial charge in [-0.05, 0) is 24.1 Å². The average molecular weight is 332 g/mol. The number of aliphatic hydroxyl groups excluding tert-OH is 1. The van der Waals surface area contributed by atoms with Crippen LogP contribution in [0.5, 0.6) is 11.5 Å². The number of likely N-dealkylation sites (N-methyl/N-ethyl adjacent to an activating group) is 1. The van der Waals surface area contributed by atoms with Crippen LogP contribution < -0.4 is 14.2 Å². The Morgan fingerprint density at radius 1 is 1.27 bits per heavy atom. The molecular formula is C14H24N2O5S. The van der Waals surface area contributed by atoms with Gasteiger partial charge in [0.1, 0.15) is 0 Å². The minimum absolute atomic E-state index is 0.0610. The summed E-state index contributed by atoms with van der Waals surface area (Å²) in [6.45, 7) is 2.18. The number of nitrogens with zero attached hydrogens (tertiary/aromatic N) is 1. The van der Waals surface area contributed by atoms with Crippen molar-refractivity contribution in [3.05, 3.63) is 23.8 Å². The van der Waals surface area contributed by atoms with Crippen LogP contribution >= 0.6 is 0 Å². The van der Waals surface area contributed by atoms with Crippen molar-refractivity contribution in [2.24, 2.45) is 0 Å². The van der Waals surface area contributed by atoms with E-state index < -0.39 is 16.3 Å². The van der Waals surface area contributed by atoms with Crippen molar-refractivity contribution >= 4 is 10.2 Å². The maximum absolute atomic E-state index is 11.9. The van der Waals surface area contributed by atoms with Gasteiger partial charge < -0.3 is 14.6 Å². The zero-order chi connectivity index (χ0) is 16.8. The summed E-state index contributed by atoms with van der Waals surface area (Å²) in [6, 6.07) is 4.97. The van der Waals surface area contributed by atoms with Gasteiger partial charge in [0.05, 0.1) is 20.3 Å². The van der Waals surface area contributed by atoms with Crippen molar-refractivity contribution in [2.45, 2.75) is 19.4 Å². The van der Waals surface area contributed by atoms with Crippen molar-refractivity contribution in [2.75, 3.05) is 34.4 Å². The maximum Gasteiger partial charge on any atom is 0.279 e. The number of nitrogens with one attached hydrogen (secondary N) is 1. The lowest BCUT2D eigenvalue weighted by Gasteiger charge is -2.21. The summed E-state index contributed by atoms with van der Waals surface area (Å²) >= 11 is 0. The highest BCUT2D eigenvalue weighted by molar-refractivity contribution is 7.87. The number of aliphatic hydroxyl groups is 1. The zero-order valence-corrected chi connectivity index (χ0v) is 14.2. The molecule has 126 valence electrons. The van der Waals surface area contributed by atoms with E-state index in [-0.39, 0.29) is 6.54 Å². The van der Waals surface area contributed by atoms with Crippen LogP contribution in [-0.2, 0) is 10.2 Å². The third kappa shape index (κ3) is 4.84. The second kappa shape index (κ2) is 8.33. The summed E-state index contributed by atoms with van der Waals surface area (Å²) < 4.78 is 37.7. The molecule has 0 amide bonds. The standard InChI is InChI=1S/C14H24N2O5S/c1-5-8-15-22(18,19)16(2)10-12(17)11-6-7-13(20-3)14(9-11)21-4/h6-7,9,12,15,17H,5,8,10H2,1-4H3. The Morgan fingerprint density at radius 3 is 2.45 bits per heavy atom. The minimum atomic E-state index is -3.59. The highest BCUT2D eigenvalue weighted by Crippen LogP contribution is 2.30. The Bertz CT molecular complexity index is 577. The van der Waals surface area contributed by atoms with E-state index in [0.717, 1.165) is 4.31 Å². The first-order valence-corrected chi connectivity index (χ1v) is 8.40. The van der Waals surface area contributed by atoms with Gasteiger partial charge in [0.25, 0.3) is 10.2 Å². The van der Waals surface area contributed by atoms with Gasteiger partial charge in [0, 0.05) is 20.1 Å². The number of methoxy groups -OCH3 is 2. The lowest BCUT2D eigenvalue weighted by molar-refractivity contribution is 0.154. The first-order chi connectivity index (χ1) is 10.4. The normalized spacial score (nSPS) is 13.2. The fourth-order valence-electron chi connectivity index (χ4n) is 1.85. The molecule has 1 atom stereocenters. The molecule has 8 heteroatoms. The first-order valence-electron chi connectivity index (χ1n) is 6.96. The number of rotatable bonds is 9. The number of ether oxygens (including phenoxy) is 2. The number of hydrogen-bond donors (Lipinski definition) is 2. The smallest absolute Gasteiger partial charge is 0.279 e. The quantitative estimate of drug-likeness (QED) is 0.702. The molecule has 0 heterocycles. The highest BCUT2D eigenvalue weighted by atomic mass is 32.2. The van der Waals surface area contributed by atoms with Crippen LogP contribution in [0, 0.1) is 0 Å². The fourth-order valence-corrected chi connectivity index (χ4v) is 2.87. The Morgan fingerprint density at radius 2 is 1.91 bits per heavy atom. The molecule has 1 aromatic rings. The van der Waals surface area contributed by atoms with Crippen molar-refractivity contribution in [1.82, 2.24) is 9.03 Å². The van der Waals surface area contributed by atoms with Gasteiger partial charge in [-0.3, -0.25) is 0 Å². The van der Waals surface area contributed by atoms with Crippen LogP contribution in [0.2, 0.25) is 0 Å². The third-order valence-electron chi connectivity index (χ3n) is 3.17. The molecule has 0 saturated heterocycles. The molecule has 0 aromatic heterocycles. The van der Waals surface area contributed by atoms with Crippen molar-refractivity contribution in [3.8, 4) is 11.5 Å². The van der Waals surface area contributed by atoms with Crippen LogP contribution in [-0.4, -0.2) is 52.2 Å². The molecule has 0 aliphatic rings. The Kier molecular flexibility index (Phi) is 7.08. The minimum Gasteiger partial charge on any atom is -0.493 e. The zero-order valence-electron chi connectivity index (χ0n) is 13.4. The van der Waals surface area contributed by atoms with Crippen LogP contribution in [0.25, 0.3) is 0 Å². The molecule has 0 bridgehead atoms. The van der Waals surface area contributed by atoms with E-state index in [1.54, 1.807) is 18.2 Å². The lowest BCUT2D eigenvalue weighted by Crippen LogP contribution is -2.40. The Hall–Kier alpha value is -1.35. The third-order valence-corrected chi connectivity index (χ3v) is 4.71. The van der Waals surface area contributed by atoms with E-state index in [1.807, 2.05) is 6.92 Å². The molecular weight excluding hydrogens is 308 g/mol. The molecule has 0 aliphatic carbocycles. The van der Waals surface area contributed by atoms with Gasteiger partial charge >= 0.3 is 0 Å². The van der Waals surface area contributed by atoms with Gasteiger partial charge in [0.2, 0.25) is 0 Å². The van der Waals surface area contributed by atoms with Gasteiger partial charge in [-0.2, -0.15) is 12.7 Å². The SMILES string of the molecule is CCCNS(=O)(=O)N(C)CC(O)c1ccc(OC)c(OC)c1. The number of benzene rings is 1. The molecule has 1 rings (SSSR count). The van der Waals surface area contributed by atoms with E-state index in [2.05, 4.69) is 4.72 Å². The van der Waals surface area contributed by atoms with E-state index in [0.29, 0.717) is 30.0 Å². The Labute approximate surface area is 132 Å². The lowest BCUT2D eigenvalue weighted by atomic mass is 10.1. The molecule has 0 saturated carbocycles. The first kappa shape index (κ1) is 18.7. The van der Waals surface area contributed by atoms with E-state index in [4.69, 9.17) is 9.47 Å². The molecule has 0 fully saturated rings. The molecule has 2 N–H and O–H groups in total. The van der Waals surface area contributed by atoms with Crippen LogP contribution in [0.1, 0.15) is 25.0 Å². The van der Waals surface area contributed by atoms with E-state index in [1.165, 1.54) is 21.3 Å². The summed E-state index contributed by atoms with van der Waals surface area (Å²) in [5, 5.41) is 10.2.